The third-order valence-corrected chi connectivity index (χ3v) is 3.02. The molecule has 4 nitrogen and oxygen atoms in total. The summed E-state index contributed by atoms with van der Waals surface area (Å²) in [6, 6.07) is 7.49. The molecular weight excluding hydrogens is 226 g/mol. The van der Waals surface area contributed by atoms with Crippen molar-refractivity contribution < 1.29 is 14.3 Å². The molecule has 1 aromatic heterocycles. The molecule has 0 unspecified atom stereocenters. The molecule has 1 aromatic carbocycles. The van der Waals surface area contributed by atoms with E-state index in [9.17, 15) is 9.59 Å². The lowest BCUT2D eigenvalue weighted by atomic mass is 10.3. The molecule has 0 aliphatic carbocycles. The van der Waals surface area contributed by atoms with E-state index in [-0.39, 0.29) is 12.4 Å². The minimum atomic E-state index is -0.463. The largest absolute Gasteiger partial charge is 0.457 e. The van der Waals surface area contributed by atoms with Crippen molar-refractivity contribution in [1.82, 2.24) is 4.98 Å². The molecule has 0 fully saturated rings. The van der Waals surface area contributed by atoms with E-state index >= 15 is 0 Å². The van der Waals surface area contributed by atoms with Gasteiger partial charge in [-0.25, -0.2) is 4.98 Å². The zero-order valence-electron chi connectivity index (χ0n) is 8.60. The molecule has 0 saturated carbocycles. The summed E-state index contributed by atoms with van der Waals surface area (Å²) in [6.07, 6.45) is 0. The van der Waals surface area contributed by atoms with Crippen LogP contribution in [0.25, 0.3) is 10.2 Å². The topological polar surface area (TPSA) is 56.3 Å². The summed E-state index contributed by atoms with van der Waals surface area (Å²) in [5, 5.41) is 0.377. The minimum absolute atomic E-state index is 0.241. The second-order valence-corrected chi connectivity index (χ2v) is 4.22. The first kappa shape index (κ1) is 10.8. The van der Waals surface area contributed by atoms with Crippen LogP contribution in [0, 0.1) is 0 Å². The normalized spacial score (nSPS) is 10.3. The fourth-order valence-electron chi connectivity index (χ4n) is 1.22. The van der Waals surface area contributed by atoms with E-state index in [1.807, 2.05) is 24.3 Å². The summed E-state index contributed by atoms with van der Waals surface area (Å²) in [5.41, 5.74) is 0.790. The Hall–Kier alpha value is -1.75. The summed E-state index contributed by atoms with van der Waals surface area (Å²) >= 11 is 1.31. The van der Waals surface area contributed by atoms with Crippen LogP contribution in [0.4, 0.5) is 0 Å². The van der Waals surface area contributed by atoms with Gasteiger partial charge < -0.3 is 4.74 Å². The fourth-order valence-corrected chi connectivity index (χ4v) is 2.11. The van der Waals surface area contributed by atoms with Gasteiger partial charge in [-0.05, 0) is 12.1 Å². The fraction of sp³-hybridized carbons (Fsp3) is 0.182. The van der Waals surface area contributed by atoms with Gasteiger partial charge in [-0.2, -0.15) is 0 Å². The molecule has 2 rings (SSSR count). The van der Waals surface area contributed by atoms with Gasteiger partial charge in [0.2, 0.25) is 5.78 Å². The number of para-hydroxylation sites is 1. The highest BCUT2D eigenvalue weighted by Crippen LogP contribution is 2.21. The van der Waals surface area contributed by atoms with Gasteiger partial charge in [0.1, 0.15) is 0 Å². The number of Topliss-reactive ketones (excluding diaryl/α,β-unsaturated/α-hetero) is 1. The Morgan fingerprint density at radius 2 is 2.12 bits per heavy atom. The number of esters is 1. The van der Waals surface area contributed by atoms with E-state index < -0.39 is 5.97 Å². The van der Waals surface area contributed by atoms with Gasteiger partial charge in [0.05, 0.1) is 10.2 Å². The quantitative estimate of drug-likeness (QED) is 0.603. The Morgan fingerprint density at radius 1 is 1.38 bits per heavy atom. The first-order valence-corrected chi connectivity index (χ1v) is 5.50. The molecule has 0 amide bonds. The molecule has 5 heteroatoms. The first-order chi connectivity index (χ1) is 7.66. The van der Waals surface area contributed by atoms with Gasteiger partial charge in [0.15, 0.2) is 11.6 Å². The van der Waals surface area contributed by atoms with Crippen LogP contribution in [0.1, 0.15) is 16.7 Å². The number of carbonyl (C=O) groups excluding carboxylic acids is 2. The molecule has 0 aliphatic heterocycles. The van der Waals surface area contributed by atoms with E-state index in [1.54, 1.807) is 0 Å². The maximum atomic E-state index is 11.6. The summed E-state index contributed by atoms with van der Waals surface area (Å²) in [5.74, 6) is -0.731. The molecule has 16 heavy (non-hydrogen) atoms. The molecule has 0 radical (unpaired) electrons. The lowest BCUT2D eigenvalue weighted by Crippen LogP contribution is -2.11. The summed E-state index contributed by atoms with van der Waals surface area (Å²) in [4.78, 5) is 26.3. The molecular formula is C11H9NO3S. The predicted molar refractivity (Wildman–Crippen MR) is 60.6 cm³/mol. The lowest BCUT2D eigenvalue weighted by Gasteiger charge is -1.96. The zero-order valence-corrected chi connectivity index (χ0v) is 9.41. The van der Waals surface area contributed by atoms with Crippen molar-refractivity contribution in [2.75, 3.05) is 6.61 Å². The van der Waals surface area contributed by atoms with Gasteiger partial charge in [-0.3, -0.25) is 9.59 Å². The van der Waals surface area contributed by atoms with Crippen LogP contribution < -0.4 is 0 Å². The molecule has 82 valence electrons. The average Bonchev–Trinajstić information content (AvgIpc) is 2.69. The number of aromatic nitrogens is 1. The van der Waals surface area contributed by atoms with Crippen LogP contribution in [0.3, 0.4) is 0 Å². The molecule has 0 bridgehead atoms. The summed E-state index contributed by atoms with van der Waals surface area (Å²) in [7, 11) is 0. The number of fused-ring (bicyclic) bond motifs is 1. The van der Waals surface area contributed by atoms with Crippen LogP contribution in [-0.2, 0) is 9.53 Å². The van der Waals surface area contributed by atoms with Crippen molar-refractivity contribution in [3.05, 3.63) is 29.3 Å². The molecule has 2 aromatic rings. The maximum Gasteiger partial charge on any atom is 0.303 e. The SMILES string of the molecule is CC(=O)OCC(=O)c1nc2ccccc2s1. The van der Waals surface area contributed by atoms with Gasteiger partial charge in [0.25, 0.3) is 0 Å². The lowest BCUT2D eigenvalue weighted by molar-refractivity contribution is -0.139. The number of nitrogens with zero attached hydrogens (tertiary/aromatic N) is 1. The van der Waals surface area contributed by atoms with Crippen molar-refractivity contribution in [3.63, 3.8) is 0 Å². The van der Waals surface area contributed by atoms with Crippen LogP contribution in [0.2, 0.25) is 0 Å². The van der Waals surface area contributed by atoms with Gasteiger partial charge >= 0.3 is 5.97 Å². The molecule has 0 atom stereocenters. The number of thiazole rings is 1. The van der Waals surface area contributed by atoms with Crippen LogP contribution >= 0.6 is 11.3 Å². The molecule has 0 aliphatic rings. The van der Waals surface area contributed by atoms with Crippen molar-refractivity contribution >= 4 is 33.3 Å². The van der Waals surface area contributed by atoms with Gasteiger partial charge in [0, 0.05) is 6.92 Å². The number of ether oxygens (including phenoxy) is 1. The van der Waals surface area contributed by atoms with E-state index in [0.717, 1.165) is 10.2 Å². The number of hydrogen-bond acceptors (Lipinski definition) is 5. The Balaban J connectivity index is 2.20. The average molecular weight is 235 g/mol. The van der Waals surface area contributed by atoms with E-state index in [1.165, 1.54) is 18.3 Å². The third-order valence-electron chi connectivity index (χ3n) is 1.94. The van der Waals surface area contributed by atoms with Crippen LogP contribution in [0.15, 0.2) is 24.3 Å². The second kappa shape index (κ2) is 4.40. The van der Waals surface area contributed by atoms with Crippen LogP contribution in [-0.4, -0.2) is 23.3 Å². The maximum absolute atomic E-state index is 11.6. The Kier molecular flexibility index (Phi) is 2.96. The van der Waals surface area contributed by atoms with Crippen LogP contribution in [0.5, 0.6) is 0 Å². The smallest absolute Gasteiger partial charge is 0.303 e. The second-order valence-electron chi connectivity index (χ2n) is 3.19. The number of benzene rings is 1. The zero-order chi connectivity index (χ0) is 11.5. The predicted octanol–water partition coefficient (Wildman–Crippen LogP) is 2.04. The standard InChI is InChI=1S/C11H9NO3S/c1-7(13)15-6-9(14)11-12-8-4-2-3-5-10(8)16-11/h2-5H,6H2,1H3. The number of rotatable bonds is 3. The molecule has 0 N–H and O–H groups in total. The number of carbonyl (C=O) groups is 2. The molecule has 1 heterocycles. The number of ketones is 1. The van der Waals surface area contributed by atoms with Crippen molar-refractivity contribution in [2.24, 2.45) is 0 Å². The Labute approximate surface area is 95.9 Å². The van der Waals surface area contributed by atoms with E-state index in [0.29, 0.717) is 5.01 Å². The first-order valence-electron chi connectivity index (χ1n) is 4.69. The minimum Gasteiger partial charge on any atom is -0.457 e. The summed E-state index contributed by atoms with van der Waals surface area (Å²) in [6.45, 7) is 1.03. The van der Waals surface area contributed by atoms with Gasteiger partial charge in [-0.15, -0.1) is 11.3 Å². The van der Waals surface area contributed by atoms with Crippen molar-refractivity contribution in [3.8, 4) is 0 Å². The molecule has 0 spiro atoms. The highest BCUT2D eigenvalue weighted by molar-refractivity contribution is 7.20. The Morgan fingerprint density at radius 3 is 2.81 bits per heavy atom. The van der Waals surface area contributed by atoms with Crippen molar-refractivity contribution in [2.45, 2.75) is 6.92 Å². The molecule has 0 saturated heterocycles. The Bertz CT molecular complexity index is 514. The van der Waals surface area contributed by atoms with E-state index in [2.05, 4.69) is 9.72 Å². The third kappa shape index (κ3) is 2.25. The number of hydrogen-bond donors (Lipinski definition) is 0. The highest BCUT2D eigenvalue weighted by atomic mass is 32.1. The van der Waals surface area contributed by atoms with Gasteiger partial charge in [-0.1, -0.05) is 12.1 Å². The monoisotopic (exact) mass is 235 g/mol. The van der Waals surface area contributed by atoms with E-state index in [4.69, 9.17) is 0 Å². The summed E-state index contributed by atoms with van der Waals surface area (Å²) < 4.78 is 5.58. The highest BCUT2D eigenvalue weighted by Gasteiger charge is 2.13. The van der Waals surface area contributed by atoms with Crippen molar-refractivity contribution in [1.29, 1.82) is 0 Å².